The summed E-state index contributed by atoms with van der Waals surface area (Å²) >= 11 is 0. The number of benzene rings is 2. The SMILES string of the molecule is N#Cc1cccc(C(c2nnnn2Cc2ccc(F)cc2)N2CCC(O)CC2)c1. The summed E-state index contributed by atoms with van der Waals surface area (Å²) in [5.41, 5.74) is 2.39. The average molecular weight is 392 g/mol. The molecular weight excluding hydrogens is 371 g/mol. The molecule has 1 N–H and O–H groups in total. The lowest BCUT2D eigenvalue weighted by atomic mass is 9.98. The van der Waals surface area contributed by atoms with Gasteiger partial charge in [0.25, 0.3) is 0 Å². The maximum absolute atomic E-state index is 13.2. The number of rotatable bonds is 5. The third-order valence-electron chi connectivity index (χ3n) is 5.25. The van der Waals surface area contributed by atoms with Crippen molar-refractivity contribution in [2.24, 2.45) is 0 Å². The van der Waals surface area contributed by atoms with E-state index in [1.165, 1.54) is 12.1 Å². The molecule has 2 aromatic carbocycles. The predicted octanol–water partition coefficient (Wildman–Crippen LogP) is 2.28. The van der Waals surface area contributed by atoms with E-state index in [2.05, 4.69) is 26.5 Å². The number of nitriles is 1. The van der Waals surface area contributed by atoms with Gasteiger partial charge in [0.15, 0.2) is 5.82 Å². The van der Waals surface area contributed by atoms with Crippen LogP contribution in [0.3, 0.4) is 0 Å². The molecule has 1 aliphatic heterocycles. The van der Waals surface area contributed by atoms with Crippen molar-refractivity contribution in [3.8, 4) is 6.07 Å². The highest BCUT2D eigenvalue weighted by Gasteiger charge is 2.31. The minimum Gasteiger partial charge on any atom is -0.393 e. The summed E-state index contributed by atoms with van der Waals surface area (Å²) in [6.45, 7) is 1.81. The first kappa shape index (κ1) is 19.2. The second-order valence-corrected chi connectivity index (χ2v) is 7.23. The summed E-state index contributed by atoms with van der Waals surface area (Å²) in [5.74, 6) is 0.365. The van der Waals surface area contributed by atoms with Crippen LogP contribution in [-0.2, 0) is 6.54 Å². The number of aromatic nitrogens is 4. The number of tetrazole rings is 1. The zero-order valence-corrected chi connectivity index (χ0v) is 15.8. The van der Waals surface area contributed by atoms with Crippen molar-refractivity contribution >= 4 is 0 Å². The van der Waals surface area contributed by atoms with Crippen molar-refractivity contribution in [1.82, 2.24) is 25.1 Å². The van der Waals surface area contributed by atoms with E-state index in [-0.39, 0.29) is 18.0 Å². The summed E-state index contributed by atoms with van der Waals surface area (Å²) in [6.07, 6.45) is 1.05. The molecule has 2 heterocycles. The van der Waals surface area contributed by atoms with Crippen LogP contribution in [0.2, 0.25) is 0 Å². The molecule has 0 radical (unpaired) electrons. The Bertz CT molecular complexity index is 1000. The van der Waals surface area contributed by atoms with Gasteiger partial charge in [0.2, 0.25) is 0 Å². The summed E-state index contributed by atoms with van der Waals surface area (Å²) in [6, 6.07) is 15.6. The lowest BCUT2D eigenvalue weighted by molar-refractivity contribution is 0.0662. The van der Waals surface area contributed by atoms with Crippen LogP contribution in [0.15, 0.2) is 48.5 Å². The van der Waals surface area contributed by atoms with Crippen LogP contribution in [0, 0.1) is 17.1 Å². The first-order valence-corrected chi connectivity index (χ1v) is 9.57. The first-order chi connectivity index (χ1) is 14.1. The highest BCUT2D eigenvalue weighted by Crippen LogP contribution is 2.30. The fraction of sp³-hybridized carbons (Fsp3) is 0.333. The van der Waals surface area contributed by atoms with Gasteiger partial charge in [-0.15, -0.1) is 5.10 Å². The lowest BCUT2D eigenvalue weighted by Crippen LogP contribution is -2.40. The molecule has 3 aromatic rings. The number of likely N-dealkylation sites (tertiary alicyclic amines) is 1. The second kappa shape index (κ2) is 8.47. The monoisotopic (exact) mass is 392 g/mol. The molecule has 1 atom stereocenters. The zero-order valence-electron chi connectivity index (χ0n) is 15.8. The number of halogens is 1. The highest BCUT2D eigenvalue weighted by molar-refractivity contribution is 5.36. The molecule has 0 spiro atoms. The number of aliphatic hydroxyl groups is 1. The molecule has 1 saturated heterocycles. The van der Waals surface area contributed by atoms with Gasteiger partial charge in [0, 0.05) is 13.1 Å². The maximum atomic E-state index is 13.2. The van der Waals surface area contributed by atoms with Gasteiger partial charge in [0.05, 0.1) is 30.3 Å². The van der Waals surface area contributed by atoms with E-state index >= 15 is 0 Å². The molecule has 0 amide bonds. The van der Waals surface area contributed by atoms with Gasteiger partial charge in [-0.1, -0.05) is 24.3 Å². The minimum absolute atomic E-state index is 0.244. The van der Waals surface area contributed by atoms with Crippen LogP contribution in [-0.4, -0.2) is 49.4 Å². The molecule has 1 unspecified atom stereocenters. The Kier molecular flexibility index (Phi) is 5.60. The molecule has 0 saturated carbocycles. The van der Waals surface area contributed by atoms with Crippen LogP contribution >= 0.6 is 0 Å². The maximum Gasteiger partial charge on any atom is 0.173 e. The summed E-state index contributed by atoms with van der Waals surface area (Å²) < 4.78 is 14.9. The molecule has 148 valence electrons. The Morgan fingerprint density at radius 1 is 1.17 bits per heavy atom. The number of hydrogen-bond acceptors (Lipinski definition) is 6. The van der Waals surface area contributed by atoms with Crippen LogP contribution in [0.5, 0.6) is 0 Å². The van der Waals surface area contributed by atoms with E-state index < -0.39 is 0 Å². The highest BCUT2D eigenvalue weighted by atomic mass is 19.1. The van der Waals surface area contributed by atoms with Gasteiger partial charge in [-0.3, -0.25) is 4.90 Å². The Morgan fingerprint density at radius 3 is 2.66 bits per heavy atom. The van der Waals surface area contributed by atoms with Crippen LogP contribution in [0.25, 0.3) is 0 Å². The third kappa shape index (κ3) is 4.31. The van der Waals surface area contributed by atoms with Crippen molar-refractivity contribution < 1.29 is 9.50 Å². The smallest absolute Gasteiger partial charge is 0.173 e. The molecule has 0 aliphatic carbocycles. The number of hydrogen-bond donors (Lipinski definition) is 1. The van der Waals surface area contributed by atoms with Gasteiger partial charge in [0.1, 0.15) is 5.82 Å². The van der Waals surface area contributed by atoms with Crippen LogP contribution in [0.1, 0.15) is 41.4 Å². The van der Waals surface area contributed by atoms with Gasteiger partial charge in [-0.2, -0.15) is 5.26 Å². The van der Waals surface area contributed by atoms with Crippen LogP contribution in [0.4, 0.5) is 4.39 Å². The topological polar surface area (TPSA) is 90.9 Å². The molecule has 1 fully saturated rings. The fourth-order valence-electron chi connectivity index (χ4n) is 3.73. The summed E-state index contributed by atoms with van der Waals surface area (Å²) in [4.78, 5) is 2.23. The Morgan fingerprint density at radius 2 is 1.93 bits per heavy atom. The van der Waals surface area contributed by atoms with Gasteiger partial charge >= 0.3 is 0 Å². The number of nitrogens with zero attached hydrogens (tertiary/aromatic N) is 6. The standard InChI is InChI=1S/C21H21FN6O/c22-18-6-4-15(5-7-18)14-28-21(24-25-26-28)20(27-10-8-19(29)9-11-27)17-3-1-2-16(12-17)13-23/h1-7,12,19-20,29H,8-11,14H2. The van der Waals surface area contributed by atoms with E-state index in [1.807, 2.05) is 18.2 Å². The Labute approximate surface area is 168 Å². The molecule has 29 heavy (non-hydrogen) atoms. The second-order valence-electron chi connectivity index (χ2n) is 7.23. The van der Waals surface area contributed by atoms with Crippen molar-refractivity contribution in [3.05, 3.63) is 76.9 Å². The van der Waals surface area contributed by atoms with Crippen molar-refractivity contribution in [3.63, 3.8) is 0 Å². The molecule has 0 bridgehead atoms. The van der Waals surface area contributed by atoms with Crippen molar-refractivity contribution in [2.45, 2.75) is 31.5 Å². The molecular formula is C21H21FN6O. The number of aliphatic hydroxyl groups excluding tert-OH is 1. The normalized spacial score (nSPS) is 16.4. The van der Waals surface area contributed by atoms with Crippen molar-refractivity contribution in [2.75, 3.05) is 13.1 Å². The molecule has 8 heteroatoms. The Hall–Kier alpha value is -3.15. The van der Waals surface area contributed by atoms with E-state index in [0.29, 0.717) is 43.9 Å². The molecule has 1 aromatic heterocycles. The average Bonchev–Trinajstić information content (AvgIpc) is 3.19. The first-order valence-electron chi connectivity index (χ1n) is 9.57. The quantitative estimate of drug-likeness (QED) is 0.716. The fourth-order valence-corrected chi connectivity index (χ4v) is 3.73. The van der Waals surface area contributed by atoms with Crippen LogP contribution < -0.4 is 0 Å². The van der Waals surface area contributed by atoms with E-state index in [9.17, 15) is 14.8 Å². The summed E-state index contributed by atoms with van der Waals surface area (Å²) in [5, 5.41) is 31.6. The minimum atomic E-state index is -0.299. The molecule has 1 aliphatic rings. The predicted molar refractivity (Wildman–Crippen MR) is 103 cm³/mol. The Balaban J connectivity index is 1.71. The van der Waals surface area contributed by atoms with Gasteiger partial charge < -0.3 is 5.11 Å². The third-order valence-corrected chi connectivity index (χ3v) is 5.25. The summed E-state index contributed by atoms with van der Waals surface area (Å²) in [7, 11) is 0. The van der Waals surface area contributed by atoms with Gasteiger partial charge in [-0.05, 0) is 58.7 Å². The zero-order chi connectivity index (χ0) is 20.2. The molecule has 7 nitrogen and oxygen atoms in total. The van der Waals surface area contributed by atoms with Crippen molar-refractivity contribution in [1.29, 1.82) is 5.26 Å². The largest absolute Gasteiger partial charge is 0.393 e. The number of piperidine rings is 1. The van der Waals surface area contributed by atoms with E-state index in [1.54, 1.807) is 22.9 Å². The molecule has 4 rings (SSSR count). The van der Waals surface area contributed by atoms with E-state index in [0.717, 1.165) is 11.1 Å². The lowest BCUT2D eigenvalue weighted by Gasteiger charge is -2.35. The van der Waals surface area contributed by atoms with Gasteiger partial charge in [-0.25, -0.2) is 9.07 Å². The van der Waals surface area contributed by atoms with E-state index in [4.69, 9.17) is 0 Å².